The Morgan fingerprint density at radius 2 is 1.83 bits per heavy atom. The monoisotopic (exact) mass is 515 g/mol. The zero-order chi connectivity index (χ0) is 20.6. The van der Waals surface area contributed by atoms with E-state index in [1.54, 1.807) is 25.3 Å². The fourth-order valence-corrected chi connectivity index (χ4v) is 2.56. The Morgan fingerprint density at radius 1 is 1.10 bits per heavy atom. The van der Waals surface area contributed by atoms with E-state index in [0.29, 0.717) is 24.9 Å². The molecule has 3 N–H and O–H groups in total. The van der Waals surface area contributed by atoms with Crippen molar-refractivity contribution in [3.05, 3.63) is 59.5 Å². The van der Waals surface area contributed by atoms with Crippen LogP contribution in [-0.4, -0.2) is 29.8 Å². The van der Waals surface area contributed by atoms with Crippen molar-refractivity contribution < 1.29 is 14.3 Å². The van der Waals surface area contributed by atoms with E-state index < -0.39 is 5.60 Å². The summed E-state index contributed by atoms with van der Waals surface area (Å²) < 4.78 is 11.2. The SMILES string of the molecule is CCNC(=NCc1cccc(COC(C)(C)C)c1)NCC(C)(O)c1ccco1.I. The molecule has 0 aliphatic rings. The highest BCUT2D eigenvalue weighted by atomic mass is 127. The van der Waals surface area contributed by atoms with E-state index in [0.717, 1.165) is 17.7 Å². The lowest BCUT2D eigenvalue weighted by molar-refractivity contribution is -0.0149. The average Bonchev–Trinajstić information content (AvgIpc) is 3.18. The second-order valence-corrected chi connectivity index (χ2v) is 8.02. The third-order valence-electron chi connectivity index (χ3n) is 4.08. The number of nitrogens with one attached hydrogen (secondary N) is 2. The van der Waals surface area contributed by atoms with E-state index in [2.05, 4.69) is 27.8 Å². The maximum absolute atomic E-state index is 10.6. The fourth-order valence-electron chi connectivity index (χ4n) is 2.56. The van der Waals surface area contributed by atoms with Gasteiger partial charge in [-0.2, -0.15) is 0 Å². The quantitative estimate of drug-likeness (QED) is 0.280. The lowest BCUT2D eigenvalue weighted by Gasteiger charge is -2.22. The average molecular weight is 515 g/mol. The smallest absolute Gasteiger partial charge is 0.191 e. The highest BCUT2D eigenvalue weighted by Gasteiger charge is 2.26. The number of ether oxygens (including phenoxy) is 1. The third kappa shape index (κ3) is 9.18. The highest BCUT2D eigenvalue weighted by Crippen LogP contribution is 2.19. The molecule has 0 aliphatic heterocycles. The highest BCUT2D eigenvalue weighted by molar-refractivity contribution is 14.0. The van der Waals surface area contributed by atoms with Crippen LogP contribution in [0.15, 0.2) is 52.1 Å². The predicted molar refractivity (Wildman–Crippen MR) is 127 cm³/mol. The second kappa shape index (κ2) is 11.6. The first-order valence-electron chi connectivity index (χ1n) is 9.70. The van der Waals surface area contributed by atoms with E-state index in [1.807, 2.05) is 39.8 Å². The molecule has 6 nitrogen and oxygen atoms in total. The van der Waals surface area contributed by atoms with Crippen LogP contribution in [-0.2, 0) is 23.5 Å². The van der Waals surface area contributed by atoms with Crippen LogP contribution in [0.5, 0.6) is 0 Å². The summed E-state index contributed by atoms with van der Waals surface area (Å²) in [5, 5.41) is 17.0. The van der Waals surface area contributed by atoms with Crippen molar-refractivity contribution in [2.45, 2.75) is 59.0 Å². The van der Waals surface area contributed by atoms with Crippen molar-refractivity contribution >= 4 is 29.9 Å². The molecule has 162 valence electrons. The topological polar surface area (TPSA) is 79.0 Å². The van der Waals surface area contributed by atoms with E-state index in [4.69, 9.17) is 9.15 Å². The minimum atomic E-state index is -1.12. The first-order valence-corrected chi connectivity index (χ1v) is 9.70. The van der Waals surface area contributed by atoms with Gasteiger partial charge in [0, 0.05) is 6.54 Å². The number of aliphatic imine (C=N–C) groups is 1. The molecule has 0 aliphatic carbocycles. The Labute approximate surface area is 191 Å². The predicted octanol–water partition coefficient (Wildman–Crippen LogP) is 4.18. The number of hydrogen-bond donors (Lipinski definition) is 3. The maximum atomic E-state index is 10.6. The van der Waals surface area contributed by atoms with E-state index in [9.17, 15) is 5.11 Å². The van der Waals surface area contributed by atoms with Crippen LogP contribution in [0.1, 0.15) is 51.5 Å². The van der Waals surface area contributed by atoms with Crippen LogP contribution in [0.2, 0.25) is 0 Å². The van der Waals surface area contributed by atoms with Gasteiger partial charge in [-0.05, 0) is 57.9 Å². The number of halogens is 1. The molecule has 7 heteroatoms. The zero-order valence-corrected chi connectivity index (χ0v) is 20.3. The first kappa shape index (κ1) is 25.5. The van der Waals surface area contributed by atoms with Crippen LogP contribution in [0, 0.1) is 0 Å². The van der Waals surface area contributed by atoms with Crippen molar-refractivity contribution in [2.24, 2.45) is 4.99 Å². The lowest BCUT2D eigenvalue weighted by atomic mass is 10.0. The van der Waals surface area contributed by atoms with Gasteiger partial charge in [-0.1, -0.05) is 24.3 Å². The zero-order valence-electron chi connectivity index (χ0n) is 18.0. The van der Waals surface area contributed by atoms with Gasteiger partial charge in [0.15, 0.2) is 5.96 Å². The number of aliphatic hydroxyl groups is 1. The number of furan rings is 1. The largest absolute Gasteiger partial charge is 0.466 e. The standard InChI is InChI=1S/C22H33N3O3.HI/c1-6-23-20(25-16-22(5,26)19-11-8-12-27-19)24-14-17-9-7-10-18(13-17)15-28-21(2,3)4;/h7-13,26H,6,14-16H2,1-5H3,(H2,23,24,25);1H. The number of hydrogen-bond acceptors (Lipinski definition) is 4. The van der Waals surface area contributed by atoms with Gasteiger partial charge in [-0.25, -0.2) is 4.99 Å². The molecule has 0 radical (unpaired) electrons. The summed E-state index contributed by atoms with van der Waals surface area (Å²) >= 11 is 0. The molecule has 0 spiro atoms. The van der Waals surface area contributed by atoms with Crippen LogP contribution in [0.25, 0.3) is 0 Å². The molecule has 0 bridgehead atoms. The molecule has 1 unspecified atom stereocenters. The van der Waals surface area contributed by atoms with Gasteiger partial charge < -0.3 is 24.9 Å². The van der Waals surface area contributed by atoms with Crippen LogP contribution >= 0.6 is 24.0 Å². The number of benzene rings is 1. The van der Waals surface area contributed by atoms with Gasteiger partial charge in [-0.3, -0.25) is 0 Å². The summed E-state index contributed by atoms with van der Waals surface area (Å²) in [5.74, 6) is 1.16. The Hall–Kier alpha value is -1.58. The summed E-state index contributed by atoms with van der Waals surface area (Å²) in [6, 6.07) is 11.8. The molecule has 1 aromatic carbocycles. The van der Waals surface area contributed by atoms with Crippen molar-refractivity contribution in [2.75, 3.05) is 13.1 Å². The second-order valence-electron chi connectivity index (χ2n) is 8.02. The Balaban J connectivity index is 0.00000420. The summed E-state index contributed by atoms with van der Waals surface area (Å²) in [6.07, 6.45) is 1.56. The molecule has 0 saturated carbocycles. The number of rotatable bonds is 8. The summed E-state index contributed by atoms with van der Waals surface area (Å²) in [6.45, 7) is 12.0. The van der Waals surface area contributed by atoms with E-state index >= 15 is 0 Å². The van der Waals surface area contributed by atoms with Gasteiger partial charge in [0.1, 0.15) is 11.4 Å². The minimum Gasteiger partial charge on any atom is -0.466 e. The van der Waals surface area contributed by atoms with Crippen molar-refractivity contribution in [3.63, 3.8) is 0 Å². The molecule has 0 saturated heterocycles. The minimum absolute atomic E-state index is 0. The fraction of sp³-hybridized carbons (Fsp3) is 0.500. The summed E-state index contributed by atoms with van der Waals surface area (Å²) in [7, 11) is 0. The number of guanidine groups is 1. The van der Waals surface area contributed by atoms with Gasteiger partial charge in [-0.15, -0.1) is 24.0 Å². The Kier molecular flexibility index (Phi) is 10.2. The van der Waals surface area contributed by atoms with Gasteiger partial charge in [0.2, 0.25) is 0 Å². The molecule has 0 fully saturated rings. The van der Waals surface area contributed by atoms with Crippen molar-refractivity contribution in [1.29, 1.82) is 0 Å². The molecule has 2 rings (SSSR count). The van der Waals surface area contributed by atoms with Crippen LogP contribution in [0.4, 0.5) is 0 Å². The normalized spacial score (nSPS) is 14.1. The molecule has 1 aromatic heterocycles. The number of nitrogens with zero attached hydrogens (tertiary/aromatic N) is 1. The van der Waals surface area contributed by atoms with Gasteiger partial charge >= 0.3 is 0 Å². The van der Waals surface area contributed by atoms with E-state index in [1.165, 1.54) is 0 Å². The van der Waals surface area contributed by atoms with Crippen LogP contribution in [0.3, 0.4) is 0 Å². The third-order valence-corrected chi connectivity index (χ3v) is 4.08. The van der Waals surface area contributed by atoms with Crippen molar-refractivity contribution in [1.82, 2.24) is 10.6 Å². The first-order chi connectivity index (χ1) is 13.2. The molecule has 1 atom stereocenters. The molecule has 0 amide bonds. The molecular weight excluding hydrogens is 481 g/mol. The Bertz CT molecular complexity index is 753. The molecular formula is C22H34IN3O3. The summed E-state index contributed by atoms with van der Waals surface area (Å²) in [4.78, 5) is 4.63. The van der Waals surface area contributed by atoms with Crippen molar-refractivity contribution in [3.8, 4) is 0 Å². The molecule has 2 aromatic rings. The van der Waals surface area contributed by atoms with Gasteiger partial charge in [0.05, 0.1) is 31.6 Å². The van der Waals surface area contributed by atoms with Crippen LogP contribution < -0.4 is 10.6 Å². The maximum Gasteiger partial charge on any atom is 0.191 e. The Morgan fingerprint density at radius 3 is 2.45 bits per heavy atom. The van der Waals surface area contributed by atoms with E-state index in [-0.39, 0.29) is 36.1 Å². The molecule has 29 heavy (non-hydrogen) atoms. The summed E-state index contributed by atoms with van der Waals surface area (Å²) in [5.41, 5.74) is 0.942. The lowest BCUT2D eigenvalue weighted by Crippen LogP contribution is -2.44. The van der Waals surface area contributed by atoms with Gasteiger partial charge in [0.25, 0.3) is 0 Å². The molecule has 1 heterocycles.